The summed E-state index contributed by atoms with van der Waals surface area (Å²) in [5.41, 5.74) is 2.09. The van der Waals surface area contributed by atoms with E-state index in [4.69, 9.17) is 23.2 Å². The van der Waals surface area contributed by atoms with E-state index in [2.05, 4.69) is 23.6 Å². The van der Waals surface area contributed by atoms with Gasteiger partial charge in [0.15, 0.2) is 0 Å². The zero-order valence-corrected chi connectivity index (χ0v) is 19.3. The maximum Gasteiger partial charge on any atom is 0.244 e. The maximum atomic E-state index is 13.5. The third-order valence-corrected chi connectivity index (χ3v) is 7.54. The Morgan fingerprint density at radius 2 is 1.73 bits per heavy atom. The predicted octanol–water partition coefficient (Wildman–Crippen LogP) is 6.22. The first-order valence-corrected chi connectivity index (χ1v) is 12.2. The van der Waals surface area contributed by atoms with Gasteiger partial charge < -0.3 is 4.57 Å². The van der Waals surface area contributed by atoms with Crippen molar-refractivity contribution < 1.29 is 8.42 Å². The molecule has 0 spiro atoms. The lowest BCUT2D eigenvalue weighted by atomic mass is 10.2. The van der Waals surface area contributed by atoms with E-state index in [-0.39, 0.29) is 16.5 Å². The van der Waals surface area contributed by atoms with Gasteiger partial charge in [0.2, 0.25) is 10.0 Å². The van der Waals surface area contributed by atoms with Crippen molar-refractivity contribution in [3.05, 3.63) is 88.2 Å². The zero-order valence-electron chi connectivity index (χ0n) is 17.0. The molecule has 0 unspecified atom stereocenters. The minimum atomic E-state index is -3.80. The number of nitrogens with zero attached hydrogens (tertiary/aromatic N) is 2. The molecule has 3 rings (SSSR count). The minimum Gasteiger partial charge on any atom is -0.346 e. The molecule has 0 saturated carbocycles. The molecule has 0 N–H and O–H groups in total. The van der Waals surface area contributed by atoms with Crippen LogP contribution in [0.2, 0.25) is 10.0 Å². The number of sulfonamides is 1. The van der Waals surface area contributed by atoms with Gasteiger partial charge in [0.05, 0.1) is 11.6 Å². The average molecular weight is 465 g/mol. The van der Waals surface area contributed by atoms with E-state index in [9.17, 15) is 8.42 Å². The summed E-state index contributed by atoms with van der Waals surface area (Å²) in [6, 6.07) is 18.6. The fourth-order valence-electron chi connectivity index (χ4n) is 3.34. The van der Waals surface area contributed by atoms with Crippen molar-refractivity contribution in [1.82, 2.24) is 8.87 Å². The minimum absolute atomic E-state index is 0.0503. The normalized spacial score (nSPS) is 11.9. The Morgan fingerprint density at radius 1 is 0.967 bits per heavy atom. The molecule has 160 valence electrons. The van der Waals surface area contributed by atoms with E-state index in [1.165, 1.54) is 16.4 Å². The second kappa shape index (κ2) is 10.5. The zero-order chi connectivity index (χ0) is 21.6. The summed E-state index contributed by atoms with van der Waals surface area (Å²) >= 11 is 12.3. The lowest BCUT2D eigenvalue weighted by molar-refractivity contribution is 0.385. The van der Waals surface area contributed by atoms with Gasteiger partial charge in [-0.15, -0.1) is 0 Å². The Kier molecular flexibility index (Phi) is 8.00. The molecule has 0 aliphatic carbocycles. The summed E-state index contributed by atoms with van der Waals surface area (Å²) in [5.74, 6) is 0. The largest absolute Gasteiger partial charge is 0.346 e. The quantitative estimate of drug-likeness (QED) is 0.334. The van der Waals surface area contributed by atoms with Gasteiger partial charge in [-0.25, -0.2) is 8.42 Å². The molecule has 0 saturated heterocycles. The highest BCUT2D eigenvalue weighted by atomic mass is 35.5. The van der Waals surface area contributed by atoms with Crippen molar-refractivity contribution in [3.63, 3.8) is 0 Å². The van der Waals surface area contributed by atoms with Gasteiger partial charge in [0.1, 0.15) is 4.90 Å². The van der Waals surface area contributed by atoms with Crippen LogP contribution in [0.25, 0.3) is 0 Å². The Labute approximate surface area is 189 Å². The number of aromatic nitrogens is 1. The van der Waals surface area contributed by atoms with E-state index in [0.29, 0.717) is 18.1 Å². The molecular formula is C23H26Cl2N2O2S. The first-order chi connectivity index (χ1) is 14.4. The monoisotopic (exact) mass is 464 g/mol. The fourth-order valence-corrected chi connectivity index (χ4v) is 5.53. The van der Waals surface area contributed by atoms with Crippen LogP contribution in [0, 0.1) is 0 Å². The molecule has 30 heavy (non-hydrogen) atoms. The molecule has 0 fully saturated rings. The number of halogens is 2. The first-order valence-electron chi connectivity index (χ1n) is 10.0. The lowest BCUT2D eigenvalue weighted by Crippen LogP contribution is -2.32. The van der Waals surface area contributed by atoms with Crippen LogP contribution < -0.4 is 0 Å². The molecule has 0 bridgehead atoms. The van der Waals surface area contributed by atoms with E-state index in [1.54, 1.807) is 6.07 Å². The molecule has 0 amide bonds. The van der Waals surface area contributed by atoms with Crippen LogP contribution in [0.3, 0.4) is 0 Å². The average Bonchev–Trinajstić information content (AvgIpc) is 3.16. The van der Waals surface area contributed by atoms with Gasteiger partial charge in [0, 0.05) is 30.0 Å². The number of unbranched alkanes of at least 4 members (excludes halogenated alkanes) is 2. The SMILES string of the molecule is CCCCCN(Cc1cccn1Cc1ccccc1)S(=O)(=O)c1cc(Cl)ccc1Cl. The Morgan fingerprint density at radius 3 is 2.47 bits per heavy atom. The third-order valence-electron chi connectivity index (χ3n) is 4.98. The Bertz CT molecular complexity index is 1070. The summed E-state index contributed by atoms with van der Waals surface area (Å²) in [5, 5.41) is 0.526. The van der Waals surface area contributed by atoms with Crippen LogP contribution in [0.1, 0.15) is 37.4 Å². The van der Waals surface area contributed by atoms with Crippen molar-refractivity contribution in [2.45, 2.75) is 44.2 Å². The second-order valence-electron chi connectivity index (χ2n) is 7.23. The van der Waals surface area contributed by atoms with Gasteiger partial charge in [-0.3, -0.25) is 0 Å². The predicted molar refractivity (Wildman–Crippen MR) is 124 cm³/mol. The Balaban J connectivity index is 1.90. The smallest absolute Gasteiger partial charge is 0.244 e. The van der Waals surface area contributed by atoms with E-state index in [1.807, 2.05) is 36.5 Å². The standard InChI is InChI=1S/C23H26Cl2N2O2S/c1-2-3-7-15-27(30(28,29)23-16-20(24)12-13-22(23)25)18-21-11-8-14-26(21)17-19-9-5-4-6-10-19/h4-6,8-14,16H,2-3,7,15,17-18H2,1H3. The van der Waals surface area contributed by atoms with Crippen LogP contribution >= 0.6 is 23.2 Å². The van der Waals surface area contributed by atoms with Gasteiger partial charge in [-0.05, 0) is 42.3 Å². The summed E-state index contributed by atoms with van der Waals surface area (Å²) in [6.45, 7) is 3.48. The van der Waals surface area contributed by atoms with Crippen molar-refractivity contribution in [2.75, 3.05) is 6.54 Å². The lowest BCUT2D eigenvalue weighted by Gasteiger charge is -2.24. The number of hydrogen-bond donors (Lipinski definition) is 0. The van der Waals surface area contributed by atoms with E-state index < -0.39 is 10.0 Å². The highest BCUT2D eigenvalue weighted by molar-refractivity contribution is 7.89. The van der Waals surface area contributed by atoms with E-state index >= 15 is 0 Å². The number of hydrogen-bond acceptors (Lipinski definition) is 2. The van der Waals surface area contributed by atoms with Crippen LogP contribution in [-0.2, 0) is 23.1 Å². The van der Waals surface area contributed by atoms with Gasteiger partial charge in [-0.1, -0.05) is 73.3 Å². The van der Waals surface area contributed by atoms with Crippen molar-refractivity contribution >= 4 is 33.2 Å². The van der Waals surface area contributed by atoms with Crippen LogP contribution in [0.15, 0.2) is 71.8 Å². The molecule has 3 aromatic rings. The fraction of sp³-hybridized carbons (Fsp3) is 0.304. The van der Waals surface area contributed by atoms with E-state index in [0.717, 1.165) is 30.5 Å². The summed E-state index contributed by atoms with van der Waals surface area (Å²) in [6.07, 6.45) is 4.73. The second-order valence-corrected chi connectivity index (χ2v) is 9.98. The highest BCUT2D eigenvalue weighted by Gasteiger charge is 2.27. The van der Waals surface area contributed by atoms with Crippen LogP contribution in [0.5, 0.6) is 0 Å². The molecule has 0 radical (unpaired) electrons. The number of rotatable bonds is 10. The van der Waals surface area contributed by atoms with Crippen molar-refractivity contribution in [2.24, 2.45) is 0 Å². The topological polar surface area (TPSA) is 42.3 Å². The van der Waals surface area contributed by atoms with Gasteiger partial charge in [-0.2, -0.15) is 4.31 Å². The molecule has 1 heterocycles. The maximum absolute atomic E-state index is 13.5. The van der Waals surface area contributed by atoms with Crippen LogP contribution in [-0.4, -0.2) is 23.8 Å². The van der Waals surface area contributed by atoms with Gasteiger partial charge >= 0.3 is 0 Å². The summed E-state index contributed by atoms with van der Waals surface area (Å²) in [7, 11) is -3.80. The molecule has 0 atom stereocenters. The molecule has 1 aromatic heterocycles. The molecule has 7 heteroatoms. The third kappa shape index (κ3) is 5.67. The first kappa shape index (κ1) is 22.9. The molecule has 0 aliphatic heterocycles. The molecule has 4 nitrogen and oxygen atoms in total. The number of benzene rings is 2. The summed E-state index contributed by atoms with van der Waals surface area (Å²) < 4.78 is 30.5. The highest BCUT2D eigenvalue weighted by Crippen LogP contribution is 2.29. The summed E-state index contributed by atoms with van der Waals surface area (Å²) in [4.78, 5) is 0.0503. The van der Waals surface area contributed by atoms with Gasteiger partial charge in [0.25, 0.3) is 0 Å². The van der Waals surface area contributed by atoms with Crippen molar-refractivity contribution in [1.29, 1.82) is 0 Å². The molecule has 0 aliphatic rings. The molecular weight excluding hydrogens is 439 g/mol. The van der Waals surface area contributed by atoms with Crippen molar-refractivity contribution in [3.8, 4) is 0 Å². The molecule has 2 aromatic carbocycles. The van der Waals surface area contributed by atoms with Crippen LogP contribution in [0.4, 0.5) is 0 Å². The Hall–Kier alpha value is -1.79.